The number of hydrogen-bond donors (Lipinski definition) is 0. The van der Waals surface area contributed by atoms with E-state index in [1.807, 2.05) is 68.5 Å². The summed E-state index contributed by atoms with van der Waals surface area (Å²) in [6, 6.07) is 15.0. The molecule has 0 radical (unpaired) electrons. The molecule has 0 aromatic heterocycles. The largest absolute Gasteiger partial charge is 0.497 e. The molecular formula is C20H23NO3. The molecule has 2 aromatic carbocycles. The minimum absolute atomic E-state index is 0.0153. The quantitative estimate of drug-likeness (QED) is 0.710. The molecule has 0 saturated heterocycles. The molecule has 0 saturated carbocycles. The zero-order valence-corrected chi connectivity index (χ0v) is 14.4. The van der Waals surface area contributed by atoms with Gasteiger partial charge in [-0.15, -0.1) is 0 Å². The minimum atomic E-state index is 0.0153. The number of carbonyl (C=O) groups is 1. The van der Waals surface area contributed by atoms with Crippen molar-refractivity contribution in [3.05, 3.63) is 60.2 Å². The highest BCUT2D eigenvalue weighted by molar-refractivity contribution is 5.91. The van der Waals surface area contributed by atoms with Gasteiger partial charge in [-0.05, 0) is 61.9 Å². The predicted octanol–water partition coefficient (Wildman–Crippen LogP) is 4.37. The van der Waals surface area contributed by atoms with Gasteiger partial charge in [0, 0.05) is 19.2 Å². The zero-order valence-electron chi connectivity index (χ0n) is 14.4. The number of amides is 1. The lowest BCUT2D eigenvalue weighted by Gasteiger charge is -2.15. The van der Waals surface area contributed by atoms with Crippen LogP contribution in [0.5, 0.6) is 17.2 Å². The first-order chi connectivity index (χ1) is 11.7. The van der Waals surface area contributed by atoms with Gasteiger partial charge in [0.1, 0.15) is 17.2 Å². The van der Waals surface area contributed by atoms with E-state index < -0.39 is 0 Å². The normalized spacial score (nSPS) is 10.6. The van der Waals surface area contributed by atoms with Gasteiger partial charge in [-0.3, -0.25) is 4.79 Å². The molecule has 0 aliphatic rings. The van der Waals surface area contributed by atoms with Gasteiger partial charge >= 0.3 is 0 Å². The van der Waals surface area contributed by atoms with Crippen molar-refractivity contribution in [3.63, 3.8) is 0 Å². The molecule has 0 heterocycles. The van der Waals surface area contributed by atoms with Crippen molar-refractivity contribution in [3.8, 4) is 17.2 Å². The van der Waals surface area contributed by atoms with E-state index in [-0.39, 0.29) is 5.91 Å². The predicted molar refractivity (Wildman–Crippen MR) is 96.5 cm³/mol. The highest BCUT2D eigenvalue weighted by Crippen LogP contribution is 2.24. The van der Waals surface area contributed by atoms with E-state index >= 15 is 0 Å². The lowest BCUT2D eigenvalue weighted by molar-refractivity contribution is -0.125. The maximum absolute atomic E-state index is 12.0. The molecule has 0 aliphatic carbocycles. The second-order valence-corrected chi connectivity index (χ2v) is 5.19. The molecule has 0 bridgehead atoms. The number of carbonyl (C=O) groups excluding carboxylic acids is 1. The van der Waals surface area contributed by atoms with Crippen molar-refractivity contribution in [2.75, 3.05) is 20.2 Å². The van der Waals surface area contributed by atoms with Gasteiger partial charge in [-0.25, -0.2) is 0 Å². The summed E-state index contributed by atoms with van der Waals surface area (Å²) in [5, 5.41) is 0. The van der Waals surface area contributed by atoms with Crippen molar-refractivity contribution in [1.82, 2.24) is 4.90 Å². The highest BCUT2D eigenvalue weighted by atomic mass is 16.5. The van der Waals surface area contributed by atoms with Gasteiger partial charge in [-0.1, -0.05) is 12.1 Å². The van der Waals surface area contributed by atoms with E-state index in [1.165, 1.54) is 0 Å². The van der Waals surface area contributed by atoms with Crippen LogP contribution in [0, 0.1) is 0 Å². The Labute approximate surface area is 143 Å². The third-order valence-electron chi connectivity index (χ3n) is 3.65. The Balaban J connectivity index is 2.06. The number of hydrogen-bond acceptors (Lipinski definition) is 3. The Morgan fingerprint density at radius 3 is 2.29 bits per heavy atom. The van der Waals surface area contributed by atoms with Crippen molar-refractivity contribution in [2.45, 2.75) is 13.8 Å². The van der Waals surface area contributed by atoms with Gasteiger partial charge in [0.15, 0.2) is 0 Å². The van der Waals surface area contributed by atoms with Crippen LogP contribution in [-0.2, 0) is 4.79 Å². The van der Waals surface area contributed by atoms with E-state index in [4.69, 9.17) is 9.47 Å². The van der Waals surface area contributed by atoms with E-state index in [9.17, 15) is 4.79 Å². The van der Waals surface area contributed by atoms with E-state index in [2.05, 4.69) is 0 Å². The number of likely N-dealkylation sites (N-methyl/N-ethyl adjacent to an activating group) is 1. The van der Waals surface area contributed by atoms with Crippen LogP contribution in [-0.4, -0.2) is 31.0 Å². The summed E-state index contributed by atoms with van der Waals surface area (Å²) in [4.78, 5) is 13.8. The number of benzene rings is 2. The molecular weight excluding hydrogens is 302 g/mol. The maximum atomic E-state index is 12.0. The number of nitrogens with zero attached hydrogens (tertiary/aromatic N) is 1. The summed E-state index contributed by atoms with van der Waals surface area (Å²) in [6.45, 7) is 5.36. The second-order valence-electron chi connectivity index (χ2n) is 5.19. The molecule has 2 aromatic rings. The highest BCUT2D eigenvalue weighted by Gasteiger charge is 2.05. The number of rotatable bonds is 7. The van der Waals surface area contributed by atoms with Gasteiger partial charge in [0.25, 0.3) is 0 Å². The average molecular weight is 325 g/mol. The second kappa shape index (κ2) is 8.77. The number of methoxy groups -OCH3 is 1. The monoisotopic (exact) mass is 325 g/mol. The van der Waals surface area contributed by atoms with Gasteiger partial charge in [-0.2, -0.15) is 0 Å². The third kappa shape index (κ3) is 4.88. The average Bonchev–Trinajstić information content (AvgIpc) is 2.62. The van der Waals surface area contributed by atoms with Crippen LogP contribution in [0.15, 0.2) is 54.6 Å². The fourth-order valence-corrected chi connectivity index (χ4v) is 2.27. The Morgan fingerprint density at radius 2 is 1.67 bits per heavy atom. The Hall–Kier alpha value is -2.75. The molecule has 4 heteroatoms. The first kappa shape index (κ1) is 17.6. The zero-order chi connectivity index (χ0) is 17.4. The standard InChI is InChI=1S/C20H23NO3/c1-4-21(5-2)20(22)14-9-16-7-6-8-19(15-16)24-18-12-10-17(23-3)11-13-18/h6-15H,4-5H2,1-3H3. The van der Waals surface area contributed by atoms with Gasteiger partial charge in [0.2, 0.25) is 5.91 Å². The third-order valence-corrected chi connectivity index (χ3v) is 3.65. The van der Waals surface area contributed by atoms with Crippen molar-refractivity contribution in [1.29, 1.82) is 0 Å². The summed E-state index contributed by atoms with van der Waals surface area (Å²) in [6.07, 6.45) is 3.40. The molecule has 0 fully saturated rings. The molecule has 4 nitrogen and oxygen atoms in total. The lowest BCUT2D eigenvalue weighted by atomic mass is 10.2. The van der Waals surface area contributed by atoms with Crippen LogP contribution >= 0.6 is 0 Å². The molecule has 1 amide bonds. The molecule has 0 atom stereocenters. The summed E-state index contributed by atoms with van der Waals surface area (Å²) in [5.41, 5.74) is 0.918. The fraction of sp³-hybridized carbons (Fsp3) is 0.250. The minimum Gasteiger partial charge on any atom is -0.497 e. The molecule has 0 N–H and O–H groups in total. The summed E-state index contributed by atoms with van der Waals surface area (Å²) in [7, 11) is 1.63. The molecule has 0 spiro atoms. The van der Waals surface area contributed by atoms with E-state index in [1.54, 1.807) is 18.1 Å². The summed E-state index contributed by atoms with van der Waals surface area (Å²) >= 11 is 0. The van der Waals surface area contributed by atoms with Gasteiger partial charge < -0.3 is 14.4 Å². The smallest absolute Gasteiger partial charge is 0.246 e. The topological polar surface area (TPSA) is 38.8 Å². The SMILES string of the molecule is CCN(CC)C(=O)C=Cc1cccc(Oc2ccc(OC)cc2)c1. The van der Waals surface area contributed by atoms with Crippen LogP contribution < -0.4 is 9.47 Å². The Kier molecular flexibility index (Phi) is 6.43. The lowest BCUT2D eigenvalue weighted by Crippen LogP contribution is -2.28. The van der Waals surface area contributed by atoms with Crippen LogP contribution in [0.1, 0.15) is 19.4 Å². The van der Waals surface area contributed by atoms with E-state index in [0.29, 0.717) is 13.1 Å². The van der Waals surface area contributed by atoms with Crippen LogP contribution in [0.2, 0.25) is 0 Å². The summed E-state index contributed by atoms with van der Waals surface area (Å²) < 4.78 is 11.0. The Morgan fingerprint density at radius 1 is 1.00 bits per heavy atom. The van der Waals surface area contributed by atoms with Crippen LogP contribution in [0.3, 0.4) is 0 Å². The van der Waals surface area contributed by atoms with E-state index in [0.717, 1.165) is 22.8 Å². The molecule has 0 aliphatic heterocycles. The van der Waals surface area contributed by atoms with Crippen LogP contribution in [0.25, 0.3) is 6.08 Å². The van der Waals surface area contributed by atoms with Crippen molar-refractivity contribution >= 4 is 12.0 Å². The summed E-state index contributed by atoms with van der Waals surface area (Å²) in [5.74, 6) is 2.25. The molecule has 126 valence electrons. The van der Waals surface area contributed by atoms with Crippen LogP contribution in [0.4, 0.5) is 0 Å². The Bertz CT molecular complexity index is 688. The fourth-order valence-electron chi connectivity index (χ4n) is 2.27. The van der Waals surface area contributed by atoms with Crippen molar-refractivity contribution in [2.24, 2.45) is 0 Å². The first-order valence-corrected chi connectivity index (χ1v) is 8.05. The van der Waals surface area contributed by atoms with Gasteiger partial charge in [0.05, 0.1) is 7.11 Å². The van der Waals surface area contributed by atoms with Crippen molar-refractivity contribution < 1.29 is 14.3 Å². The first-order valence-electron chi connectivity index (χ1n) is 8.05. The molecule has 0 unspecified atom stereocenters. The molecule has 24 heavy (non-hydrogen) atoms. The number of ether oxygens (including phenoxy) is 2. The molecule has 2 rings (SSSR count). The maximum Gasteiger partial charge on any atom is 0.246 e.